The fraction of sp³-hybridized carbons (Fsp3) is 0.200. The zero-order chi connectivity index (χ0) is 11.8. The molecule has 0 aliphatic carbocycles. The number of imidazole rings is 1. The van der Waals surface area contributed by atoms with Gasteiger partial charge in [0.2, 0.25) is 0 Å². The fourth-order valence-electron chi connectivity index (χ4n) is 1.44. The second-order valence-electron chi connectivity index (χ2n) is 3.23. The molecule has 0 atom stereocenters. The van der Waals surface area contributed by atoms with E-state index < -0.39 is 11.7 Å². The summed E-state index contributed by atoms with van der Waals surface area (Å²) in [5.74, 6) is 0. The summed E-state index contributed by atoms with van der Waals surface area (Å²) in [6, 6.07) is 5.19. The quantitative estimate of drug-likeness (QED) is 0.748. The van der Waals surface area contributed by atoms with Gasteiger partial charge in [0.15, 0.2) is 0 Å². The van der Waals surface area contributed by atoms with E-state index in [2.05, 4.69) is 4.98 Å². The van der Waals surface area contributed by atoms with Crippen molar-refractivity contribution in [2.75, 3.05) is 0 Å². The molecule has 1 heterocycles. The fourth-order valence-corrected chi connectivity index (χ4v) is 1.44. The Kier molecular flexibility index (Phi) is 2.31. The van der Waals surface area contributed by atoms with E-state index in [-0.39, 0.29) is 12.1 Å². The lowest BCUT2D eigenvalue weighted by Gasteiger charge is -2.06. The molecule has 3 nitrogen and oxygen atoms in total. The Morgan fingerprint density at radius 3 is 2.75 bits per heavy atom. The van der Waals surface area contributed by atoms with Gasteiger partial charge in [0, 0.05) is 0 Å². The van der Waals surface area contributed by atoms with Crippen molar-refractivity contribution >= 4 is 11.0 Å². The largest absolute Gasteiger partial charge is 0.416 e. The molecule has 1 aromatic carbocycles. The molecule has 6 heteroatoms. The minimum Gasteiger partial charge on any atom is -0.317 e. The normalized spacial score (nSPS) is 11.6. The van der Waals surface area contributed by atoms with Crippen molar-refractivity contribution in [3.63, 3.8) is 0 Å². The molecule has 0 saturated heterocycles. The lowest BCUT2D eigenvalue weighted by Crippen LogP contribution is -2.04. The van der Waals surface area contributed by atoms with Crippen molar-refractivity contribution in [2.24, 2.45) is 0 Å². The van der Waals surface area contributed by atoms with Gasteiger partial charge in [-0.2, -0.15) is 18.4 Å². The minimum atomic E-state index is -4.37. The third kappa shape index (κ3) is 1.72. The smallest absolute Gasteiger partial charge is 0.317 e. The molecular formula is C10H6F3N3. The summed E-state index contributed by atoms with van der Waals surface area (Å²) in [6.45, 7) is 0.0713. The number of fused-ring (bicyclic) bond motifs is 1. The first-order valence-corrected chi connectivity index (χ1v) is 4.41. The van der Waals surface area contributed by atoms with E-state index in [1.165, 1.54) is 17.0 Å². The number of benzene rings is 1. The van der Waals surface area contributed by atoms with Crippen molar-refractivity contribution in [1.29, 1.82) is 5.26 Å². The number of nitrogens with zero attached hydrogens (tertiary/aromatic N) is 3. The Bertz CT molecular complexity index is 563. The van der Waals surface area contributed by atoms with Crippen LogP contribution in [-0.2, 0) is 12.7 Å². The van der Waals surface area contributed by atoms with Crippen LogP contribution in [0.15, 0.2) is 24.5 Å². The SMILES string of the molecule is N#CCn1cnc2cc(C(F)(F)F)ccc21. The van der Waals surface area contributed by atoms with Crippen LogP contribution >= 0.6 is 0 Å². The van der Waals surface area contributed by atoms with E-state index in [1.54, 1.807) is 0 Å². The van der Waals surface area contributed by atoms with Gasteiger partial charge in [-0.05, 0) is 18.2 Å². The highest BCUT2D eigenvalue weighted by molar-refractivity contribution is 5.76. The zero-order valence-electron chi connectivity index (χ0n) is 7.99. The average molecular weight is 225 g/mol. The van der Waals surface area contributed by atoms with E-state index in [1.807, 2.05) is 6.07 Å². The predicted molar refractivity (Wildman–Crippen MR) is 50.3 cm³/mol. The highest BCUT2D eigenvalue weighted by Gasteiger charge is 2.30. The van der Waals surface area contributed by atoms with Gasteiger partial charge in [0.25, 0.3) is 0 Å². The molecule has 0 radical (unpaired) electrons. The van der Waals surface area contributed by atoms with Crippen LogP contribution < -0.4 is 0 Å². The molecule has 16 heavy (non-hydrogen) atoms. The molecule has 0 spiro atoms. The standard InChI is InChI=1S/C10H6F3N3/c11-10(12,13)7-1-2-9-8(5-7)15-6-16(9)4-3-14/h1-2,5-6H,4H2. The van der Waals surface area contributed by atoms with Crippen molar-refractivity contribution < 1.29 is 13.2 Å². The Morgan fingerprint density at radius 2 is 2.12 bits per heavy atom. The van der Waals surface area contributed by atoms with Crippen LogP contribution in [0, 0.1) is 11.3 Å². The summed E-state index contributed by atoms with van der Waals surface area (Å²) in [4.78, 5) is 3.82. The molecule has 0 unspecified atom stereocenters. The summed E-state index contributed by atoms with van der Waals surface area (Å²) in [7, 11) is 0. The highest BCUT2D eigenvalue weighted by Crippen LogP contribution is 2.30. The molecule has 82 valence electrons. The number of halogens is 3. The number of hydrogen-bond acceptors (Lipinski definition) is 2. The van der Waals surface area contributed by atoms with Crippen LogP contribution in [0.3, 0.4) is 0 Å². The van der Waals surface area contributed by atoms with Gasteiger partial charge in [-0.25, -0.2) is 4.98 Å². The van der Waals surface area contributed by atoms with Crippen molar-refractivity contribution in [3.8, 4) is 6.07 Å². The van der Waals surface area contributed by atoms with E-state index in [9.17, 15) is 13.2 Å². The van der Waals surface area contributed by atoms with E-state index in [4.69, 9.17) is 5.26 Å². The summed E-state index contributed by atoms with van der Waals surface area (Å²) < 4.78 is 38.6. The maximum atomic E-state index is 12.4. The number of alkyl halides is 3. The molecule has 0 aliphatic heterocycles. The average Bonchev–Trinajstić information content (AvgIpc) is 2.60. The minimum absolute atomic E-state index is 0.0713. The Hall–Kier alpha value is -2.03. The number of hydrogen-bond donors (Lipinski definition) is 0. The molecule has 2 aromatic rings. The molecule has 0 N–H and O–H groups in total. The Labute approximate surface area is 88.7 Å². The molecular weight excluding hydrogens is 219 g/mol. The molecule has 0 aliphatic rings. The third-order valence-corrected chi connectivity index (χ3v) is 2.19. The van der Waals surface area contributed by atoms with Gasteiger partial charge >= 0.3 is 6.18 Å². The second-order valence-corrected chi connectivity index (χ2v) is 3.23. The lowest BCUT2D eigenvalue weighted by molar-refractivity contribution is -0.137. The van der Waals surface area contributed by atoms with Crippen LogP contribution in [-0.4, -0.2) is 9.55 Å². The van der Waals surface area contributed by atoms with Crippen LogP contribution in [0.5, 0.6) is 0 Å². The maximum absolute atomic E-state index is 12.4. The summed E-state index contributed by atoms with van der Waals surface area (Å²) in [6.07, 6.45) is -3.01. The highest BCUT2D eigenvalue weighted by atomic mass is 19.4. The first-order chi connectivity index (χ1) is 7.52. The maximum Gasteiger partial charge on any atom is 0.416 e. The third-order valence-electron chi connectivity index (χ3n) is 2.19. The molecule has 0 bridgehead atoms. The first kappa shape index (κ1) is 10.5. The Morgan fingerprint density at radius 1 is 1.38 bits per heavy atom. The first-order valence-electron chi connectivity index (χ1n) is 4.41. The van der Waals surface area contributed by atoms with Crippen molar-refractivity contribution in [3.05, 3.63) is 30.1 Å². The molecule has 0 fully saturated rings. The van der Waals surface area contributed by atoms with Crippen LogP contribution in [0.4, 0.5) is 13.2 Å². The van der Waals surface area contributed by atoms with E-state index in [0.717, 1.165) is 12.1 Å². The van der Waals surface area contributed by atoms with Gasteiger partial charge in [-0.1, -0.05) is 0 Å². The predicted octanol–water partition coefficient (Wildman–Crippen LogP) is 2.58. The number of rotatable bonds is 1. The van der Waals surface area contributed by atoms with Gasteiger partial charge < -0.3 is 4.57 Å². The van der Waals surface area contributed by atoms with Gasteiger partial charge in [0.1, 0.15) is 6.54 Å². The Balaban J connectivity index is 2.54. The summed E-state index contributed by atoms with van der Waals surface area (Å²) >= 11 is 0. The molecule has 2 rings (SSSR count). The topological polar surface area (TPSA) is 41.6 Å². The van der Waals surface area contributed by atoms with Crippen LogP contribution in [0.1, 0.15) is 5.56 Å². The van der Waals surface area contributed by atoms with Crippen LogP contribution in [0.2, 0.25) is 0 Å². The summed E-state index contributed by atoms with van der Waals surface area (Å²) in [5.41, 5.74) is 0.0295. The van der Waals surface area contributed by atoms with E-state index >= 15 is 0 Å². The molecule has 1 aromatic heterocycles. The molecule has 0 saturated carbocycles. The van der Waals surface area contributed by atoms with Crippen molar-refractivity contribution in [1.82, 2.24) is 9.55 Å². The van der Waals surface area contributed by atoms with Crippen LogP contribution in [0.25, 0.3) is 11.0 Å². The molecule has 0 amide bonds. The van der Waals surface area contributed by atoms with Crippen molar-refractivity contribution in [2.45, 2.75) is 12.7 Å². The number of aromatic nitrogens is 2. The van der Waals surface area contributed by atoms with Gasteiger partial charge in [-0.3, -0.25) is 0 Å². The lowest BCUT2D eigenvalue weighted by atomic mass is 10.2. The van der Waals surface area contributed by atoms with Gasteiger partial charge in [-0.15, -0.1) is 0 Å². The monoisotopic (exact) mass is 225 g/mol. The number of nitriles is 1. The second kappa shape index (κ2) is 3.52. The summed E-state index contributed by atoms with van der Waals surface area (Å²) in [5, 5.41) is 8.50. The zero-order valence-corrected chi connectivity index (χ0v) is 7.99. The van der Waals surface area contributed by atoms with Gasteiger partial charge in [0.05, 0.1) is 29.0 Å². The van der Waals surface area contributed by atoms with E-state index in [0.29, 0.717) is 5.52 Å².